The van der Waals surface area contributed by atoms with Gasteiger partial charge in [0.1, 0.15) is 5.76 Å². The normalized spacial score (nSPS) is 15.0. The molecule has 0 atom stereocenters. The van der Waals surface area contributed by atoms with Crippen molar-refractivity contribution in [2.45, 2.75) is 26.3 Å². The van der Waals surface area contributed by atoms with Gasteiger partial charge in [-0.1, -0.05) is 11.6 Å². The van der Waals surface area contributed by atoms with E-state index in [4.69, 9.17) is 16.0 Å². The van der Waals surface area contributed by atoms with Crippen LogP contribution >= 0.6 is 11.6 Å². The van der Waals surface area contributed by atoms with E-state index in [9.17, 15) is 4.79 Å². The number of rotatable bonds is 2. The summed E-state index contributed by atoms with van der Waals surface area (Å²) in [6, 6.07) is 9.01. The van der Waals surface area contributed by atoms with E-state index in [0.717, 1.165) is 11.4 Å². The Bertz CT molecular complexity index is 705. The summed E-state index contributed by atoms with van der Waals surface area (Å²) < 4.78 is 5.38. The smallest absolute Gasteiger partial charge is 0.233 e. The molecule has 1 aliphatic heterocycles. The van der Waals surface area contributed by atoms with Crippen LogP contribution in [0.5, 0.6) is 0 Å². The number of nitrogens with zero attached hydrogens (tertiary/aromatic N) is 2. The minimum atomic E-state index is -0.0128. The van der Waals surface area contributed by atoms with Crippen molar-refractivity contribution < 1.29 is 9.21 Å². The number of furan rings is 1. The van der Waals surface area contributed by atoms with E-state index < -0.39 is 0 Å². The molecule has 5 heteroatoms. The molecule has 0 saturated heterocycles. The van der Waals surface area contributed by atoms with Crippen molar-refractivity contribution in [3.8, 4) is 0 Å². The van der Waals surface area contributed by atoms with Crippen molar-refractivity contribution in [2.75, 3.05) is 4.90 Å². The Morgan fingerprint density at radius 3 is 2.81 bits per heavy atom. The summed E-state index contributed by atoms with van der Waals surface area (Å²) >= 11 is 6.08. The number of benzene rings is 1. The number of halogens is 1. The second-order valence-electron chi connectivity index (χ2n) is 5.20. The maximum absolute atomic E-state index is 12.6. The van der Waals surface area contributed by atoms with E-state index in [2.05, 4.69) is 4.99 Å². The molecule has 0 radical (unpaired) electrons. The molecule has 0 aliphatic carbocycles. The van der Waals surface area contributed by atoms with Gasteiger partial charge in [-0.05, 0) is 44.2 Å². The quantitative estimate of drug-likeness (QED) is 0.834. The molecule has 1 aromatic carbocycles. The summed E-state index contributed by atoms with van der Waals surface area (Å²) in [5, 5.41) is 0.587. The average Bonchev–Trinajstić information content (AvgIpc) is 2.90. The van der Waals surface area contributed by atoms with Gasteiger partial charge < -0.3 is 9.32 Å². The summed E-state index contributed by atoms with van der Waals surface area (Å²) in [4.78, 5) is 18.9. The zero-order chi connectivity index (χ0) is 15.0. The first kappa shape index (κ1) is 13.9. The molecular formula is C16H15ClN2O2. The lowest BCUT2D eigenvalue weighted by Crippen LogP contribution is -2.37. The molecule has 3 rings (SSSR count). The maximum Gasteiger partial charge on any atom is 0.233 e. The van der Waals surface area contributed by atoms with Crippen molar-refractivity contribution in [3.05, 3.63) is 47.4 Å². The molecular weight excluding hydrogens is 288 g/mol. The SMILES string of the molecule is CC(C)N1C(=O)CC(c2ccco2)=Nc2ccc(Cl)cc21. The van der Waals surface area contributed by atoms with Gasteiger partial charge in [-0.15, -0.1) is 0 Å². The number of fused-ring (bicyclic) bond motifs is 1. The molecule has 0 fully saturated rings. The fourth-order valence-corrected chi connectivity index (χ4v) is 2.65. The van der Waals surface area contributed by atoms with Crippen LogP contribution in [0.15, 0.2) is 46.0 Å². The first-order chi connectivity index (χ1) is 10.1. The zero-order valence-corrected chi connectivity index (χ0v) is 12.6. The predicted octanol–water partition coefficient (Wildman–Crippen LogP) is 4.20. The van der Waals surface area contributed by atoms with E-state index in [1.807, 2.05) is 26.0 Å². The van der Waals surface area contributed by atoms with E-state index in [1.165, 1.54) is 0 Å². The number of hydrogen-bond donors (Lipinski definition) is 0. The van der Waals surface area contributed by atoms with Crippen LogP contribution in [0.4, 0.5) is 11.4 Å². The number of carbonyl (C=O) groups is 1. The number of anilines is 1. The molecule has 0 saturated carbocycles. The molecule has 0 spiro atoms. The Morgan fingerprint density at radius 1 is 1.33 bits per heavy atom. The standard InChI is InChI=1S/C16H15ClN2O2/c1-10(2)19-14-8-11(17)5-6-12(14)18-13(9-16(19)20)15-4-3-7-21-15/h3-8,10H,9H2,1-2H3. The Balaban J connectivity index is 2.16. The fraction of sp³-hybridized carbons (Fsp3) is 0.250. The Labute approximate surface area is 128 Å². The van der Waals surface area contributed by atoms with Gasteiger partial charge in [0.25, 0.3) is 0 Å². The Hall–Kier alpha value is -2.07. The molecule has 0 unspecified atom stereocenters. The van der Waals surface area contributed by atoms with Gasteiger partial charge in [-0.2, -0.15) is 0 Å². The van der Waals surface area contributed by atoms with Crippen LogP contribution in [0, 0.1) is 0 Å². The van der Waals surface area contributed by atoms with Crippen LogP contribution in [-0.4, -0.2) is 17.7 Å². The third-order valence-corrected chi connectivity index (χ3v) is 3.60. The van der Waals surface area contributed by atoms with Gasteiger partial charge >= 0.3 is 0 Å². The predicted molar refractivity (Wildman–Crippen MR) is 83.6 cm³/mol. The summed E-state index contributed by atoms with van der Waals surface area (Å²) in [6.07, 6.45) is 1.79. The van der Waals surface area contributed by atoms with Crippen LogP contribution in [0.3, 0.4) is 0 Å². The fourth-order valence-electron chi connectivity index (χ4n) is 2.48. The summed E-state index contributed by atoms with van der Waals surface area (Å²) in [7, 11) is 0. The van der Waals surface area contributed by atoms with Gasteiger partial charge in [0.15, 0.2) is 0 Å². The van der Waals surface area contributed by atoms with Crippen LogP contribution < -0.4 is 4.90 Å². The van der Waals surface area contributed by atoms with Crippen LogP contribution in [0.1, 0.15) is 26.0 Å². The van der Waals surface area contributed by atoms with Gasteiger partial charge in [0.2, 0.25) is 5.91 Å². The number of aliphatic imine (C=N–C) groups is 1. The molecule has 21 heavy (non-hydrogen) atoms. The summed E-state index contributed by atoms with van der Waals surface area (Å²) in [5.74, 6) is 0.607. The van der Waals surface area contributed by atoms with Gasteiger partial charge in [-0.25, -0.2) is 4.99 Å². The topological polar surface area (TPSA) is 45.8 Å². The van der Waals surface area contributed by atoms with Gasteiger partial charge in [0, 0.05) is 11.1 Å². The zero-order valence-electron chi connectivity index (χ0n) is 11.8. The van der Waals surface area contributed by atoms with Crippen LogP contribution in [0.25, 0.3) is 0 Å². The second-order valence-corrected chi connectivity index (χ2v) is 5.64. The third kappa shape index (κ3) is 2.59. The maximum atomic E-state index is 12.6. The average molecular weight is 303 g/mol. The molecule has 0 bridgehead atoms. The van der Waals surface area contributed by atoms with Crippen molar-refractivity contribution in [2.24, 2.45) is 4.99 Å². The van der Waals surface area contributed by atoms with E-state index in [1.54, 1.807) is 29.4 Å². The first-order valence-electron chi connectivity index (χ1n) is 6.79. The number of carbonyl (C=O) groups excluding carboxylic acids is 1. The highest BCUT2D eigenvalue weighted by Gasteiger charge is 2.27. The van der Waals surface area contributed by atoms with E-state index >= 15 is 0 Å². The highest BCUT2D eigenvalue weighted by Crippen LogP contribution is 2.36. The van der Waals surface area contributed by atoms with Crippen LogP contribution in [0.2, 0.25) is 5.02 Å². The highest BCUT2D eigenvalue weighted by atomic mass is 35.5. The van der Waals surface area contributed by atoms with Gasteiger partial charge in [0.05, 0.1) is 29.8 Å². The van der Waals surface area contributed by atoms with Crippen molar-refractivity contribution in [1.82, 2.24) is 0 Å². The Kier molecular flexibility index (Phi) is 3.55. The molecule has 4 nitrogen and oxygen atoms in total. The molecule has 2 aromatic rings. The molecule has 2 heterocycles. The lowest BCUT2D eigenvalue weighted by Gasteiger charge is -2.26. The van der Waals surface area contributed by atoms with Crippen molar-refractivity contribution >= 4 is 34.6 Å². The lowest BCUT2D eigenvalue weighted by atomic mass is 10.1. The molecule has 1 aliphatic rings. The minimum absolute atomic E-state index is 0.0128. The monoisotopic (exact) mass is 302 g/mol. The van der Waals surface area contributed by atoms with E-state index in [0.29, 0.717) is 16.5 Å². The van der Waals surface area contributed by atoms with Crippen molar-refractivity contribution in [3.63, 3.8) is 0 Å². The number of hydrogen-bond acceptors (Lipinski definition) is 3. The molecule has 0 N–H and O–H groups in total. The second kappa shape index (κ2) is 5.37. The minimum Gasteiger partial charge on any atom is -0.463 e. The molecule has 1 aromatic heterocycles. The first-order valence-corrected chi connectivity index (χ1v) is 7.17. The number of amides is 1. The summed E-state index contributed by atoms with van der Waals surface area (Å²) in [6.45, 7) is 3.95. The third-order valence-electron chi connectivity index (χ3n) is 3.36. The van der Waals surface area contributed by atoms with Crippen molar-refractivity contribution in [1.29, 1.82) is 0 Å². The Morgan fingerprint density at radius 2 is 2.14 bits per heavy atom. The van der Waals surface area contributed by atoms with E-state index in [-0.39, 0.29) is 18.4 Å². The molecule has 1 amide bonds. The highest BCUT2D eigenvalue weighted by molar-refractivity contribution is 6.31. The largest absolute Gasteiger partial charge is 0.463 e. The van der Waals surface area contributed by atoms with Crippen LogP contribution in [-0.2, 0) is 4.79 Å². The molecule has 108 valence electrons. The van der Waals surface area contributed by atoms with Gasteiger partial charge in [-0.3, -0.25) is 4.79 Å². The lowest BCUT2D eigenvalue weighted by molar-refractivity contribution is -0.117. The summed E-state index contributed by atoms with van der Waals surface area (Å²) in [5.41, 5.74) is 2.10.